The Morgan fingerprint density at radius 1 is 1.14 bits per heavy atom. The van der Waals surface area contributed by atoms with Crippen LogP contribution in [0.15, 0.2) is 18.2 Å². The van der Waals surface area contributed by atoms with E-state index in [-0.39, 0.29) is 5.82 Å². The molecule has 2 nitrogen and oxygen atoms in total. The molecule has 2 fully saturated rings. The Balaban J connectivity index is 1.60. The van der Waals surface area contributed by atoms with Crippen molar-refractivity contribution in [2.45, 2.75) is 70.6 Å². The average Bonchev–Trinajstić information content (AvgIpc) is 3.32. The first-order chi connectivity index (χ1) is 10.2. The molecule has 0 unspecified atom stereocenters. The third kappa shape index (κ3) is 4.19. The van der Waals surface area contributed by atoms with Crippen LogP contribution < -0.4 is 10.1 Å². The summed E-state index contributed by atoms with van der Waals surface area (Å²) in [5.74, 6) is 1.56. The van der Waals surface area contributed by atoms with Crippen LogP contribution in [0.2, 0.25) is 0 Å². The van der Waals surface area contributed by atoms with Crippen LogP contribution in [0.4, 0.5) is 4.39 Å². The molecule has 2 aliphatic carbocycles. The van der Waals surface area contributed by atoms with Crippen molar-refractivity contribution in [1.82, 2.24) is 5.32 Å². The van der Waals surface area contributed by atoms with Gasteiger partial charge in [-0.15, -0.1) is 0 Å². The number of rotatable bonds is 6. The van der Waals surface area contributed by atoms with Gasteiger partial charge in [0.1, 0.15) is 11.6 Å². The van der Waals surface area contributed by atoms with E-state index in [1.807, 2.05) is 0 Å². The van der Waals surface area contributed by atoms with Gasteiger partial charge >= 0.3 is 0 Å². The van der Waals surface area contributed by atoms with Crippen molar-refractivity contribution in [3.63, 3.8) is 0 Å². The highest BCUT2D eigenvalue weighted by Crippen LogP contribution is 2.31. The van der Waals surface area contributed by atoms with E-state index in [1.165, 1.54) is 38.2 Å². The minimum absolute atomic E-state index is 0.176. The van der Waals surface area contributed by atoms with E-state index < -0.39 is 0 Å². The van der Waals surface area contributed by atoms with Gasteiger partial charge in [0.2, 0.25) is 0 Å². The Bertz CT molecular complexity index is 464. The standard InChI is InChI=1S/C18H26FNO/c1-2-13-3-8-17(9-4-13)21-18-10-5-15(19)11-14(18)12-20-16-6-7-16/h5,10-11,13,16-17,20H,2-4,6-9,12H2,1H3. The summed E-state index contributed by atoms with van der Waals surface area (Å²) in [5, 5.41) is 3.45. The topological polar surface area (TPSA) is 21.3 Å². The highest BCUT2D eigenvalue weighted by Gasteiger charge is 2.23. The molecule has 0 atom stereocenters. The fourth-order valence-corrected chi connectivity index (χ4v) is 3.18. The summed E-state index contributed by atoms with van der Waals surface area (Å²) in [4.78, 5) is 0. The number of hydrogen-bond donors (Lipinski definition) is 1. The van der Waals surface area contributed by atoms with Gasteiger partial charge in [-0.25, -0.2) is 4.39 Å². The van der Waals surface area contributed by atoms with E-state index in [0.29, 0.717) is 18.7 Å². The normalized spacial score (nSPS) is 25.8. The van der Waals surface area contributed by atoms with Gasteiger partial charge in [0.05, 0.1) is 6.10 Å². The van der Waals surface area contributed by atoms with Gasteiger partial charge in [0.15, 0.2) is 0 Å². The lowest BCUT2D eigenvalue weighted by Crippen LogP contribution is -2.25. The summed E-state index contributed by atoms with van der Waals surface area (Å²) in [7, 11) is 0. The van der Waals surface area contributed by atoms with Gasteiger partial charge < -0.3 is 10.1 Å². The highest BCUT2D eigenvalue weighted by molar-refractivity contribution is 5.34. The van der Waals surface area contributed by atoms with Crippen molar-refractivity contribution in [1.29, 1.82) is 0 Å². The van der Waals surface area contributed by atoms with Crippen LogP contribution >= 0.6 is 0 Å². The minimum atomic E-state index is -0.176. The molecule has 116 valence electrons. The number of halogens is 1. The van der Waals surface area contributed by atoms with Crippen molar-refractivity contribution in [3.05, 3.63) is 29.6 Å². The molecule has 0 spiro atoms. The maximum atomic E-state index is 13.5. The maximum absolute atomic E-state index is 13.5. The zero-order valence-electron chi connectivity index (χ0n) is 12.9. The largest absolute Gasteiger partial charge is 0.490 e. The van der Waals surface area contributed by atoms with E-state index in [0.717, 1.165) is 30.1 Å². The average molecular weight is 291 g/mol. The molecule has 0 amide bonds. The van der Waals surface area contributed by atoms with Crippen LogP contribution in [0.1, 0.15) is 57.4 Å². The molecule has 21 heavy (non-hydrogen) atoms. The molecule has 2 aliphatic rings. The zero-order valence-corrected chi connectivity index (χ0v) is 12.9. The minimum Gasteiger partial charge on any atom is -0.490 e. The Kier molecular flexibility index (Phi) is 4.79. The number of benzene rings is 1. The summed E-state index contributed by atoms with van der Waals surface area (Å²) in [5.41, 5.74) is 0.958. The lowest BCUT2D eigenvalue weighted by Gasteiger charge is -2.29. The molecule has 0 radical (unpaired) electrons. The molecule has 0 aliphatic heterocycles. The number of ether oxygens (including phenoxy) is 1. The molecular weight excluding hydrogens is 265 g/mol. The van der Waals surface area contributed by atoms with E-state index >= 15 is 0 Å². The van der Waals surface area contributed by atoms with Gasteiger partial charge in [-0.05, 0) is 62.6 Å². The molecule has 0 heterocycles. The van der Waals surface area contributed by atoms with Crippen LogP contribution in [-0.4, -0.2) is 12.1 Å². The Morgan fingerprint density at radius 3 is 2.57 bits per heavy atom. The summed E-state index contributed by atoms with van der Waals surface area (Å²) in [6.07, 6.45) is 8.85. The lowest BCUT2D eigenvalue weighted by molar-refractivity contribution is 0.128. The fourth-order valence-electron chi connectivity index (χ4n) is 3.18. The molecule has 1 aromatic carbocycles. The smallest absolute Gasteiger partial charge is 0.124 e. The van der Waals surface area contributed by atoms with Crippen LogP contribution in [0.5, 0.6) is 5.75 Å². The number of nitrogens with one attached hydrogen (secondary N) is 1. The quantitative estimate of drug-likeness (QED) is 0.837. The molecule has 3 rings (SSSR count). The molecule has 0 saturated heterocycles. The van der Waals surface area contributed by atoms with Gasteiger partial charge in [0, 0.05) is 18.2 Å². The highest BCUT2D eigenvalue weighted by atomic mass is 19.1. The first kappa shape index (κ1) is 14.8. The van der Waals surface area contributed by atoms with E-state index in [9.17, 15) is 4.39 Å². The first-order valence-electron chi connectivity index (χ1n) is 8.43. The second kappa shape index (κ2) is 6.78. The monoisotopic (exact) mass is 291 g/mol. The summed E-state index contributed by atoms with van der Waals surface area (Å²) < 4.78 is 19.7. The molecular formula is C18H26FNO. The van der Waals surface area contributed by atoms with Crippen molar-refractivity contribution in [2.24, 2.45) is 5.92 Å². The molecule has 1 aromatic rings. The zero-order chi connectivity index (χ0) is 14.7. The van der Waals surface area contributed by atoms with Gasteiger partial charge in [-0.2, -0.15) is 0 Å². The van der Waals surface area contributed by atoms with Crippen LogP contribution in [-0.2, 0) is 6.54 Å². The third-order valence-corrected chi connectivity index (χ3v) is 4.85. The van der Waals surface area contributed by atoms with Crippen molar-refractivity contribution in [3.8, 4) is 5.75 Å². The van der Waals surface area contributed by atoms with Gasteiger partial charge in [-0.3, -0.25) is 0 Å². The molecule has 0 bridgehead atoms. The van der Waals surface area contributed by atoms with Crippen LogP contribution in [0.25, 0.3) is 0 Å². The van der Waals surface area contributed by atoms with Crippen molar-refractivity contribution in [2.75, 3.05) is 0 Å². The second-order valence-corrected chi connectivity index (χ2v) is 6.58. The molecule has 3 heteroatoms. The van der Waals surface area contributed by atoms with E-state index in [4.69, 9.17) is 4.74 Å². The van der Waals surface area contributed by atoms with Crippen molar-refractivity contribution >= 4 is 0 Å². The fraction of sp³-hybridized carbons (Fsp3) is 0.667. The Hall–Kier alpha value is -1.09. The summed E-state index contributed by atoms with van der Waals surface area (Å²) >= 11 is 0. The molecule has 1 N–H and O–H groups in total. The predicted octanol–water partition coefficient (Wildman–Crippen LogP) is 4.43. The number of hydrogen-bond acceptors (Lipinski definition) is 2. The molecule has 0 aromatic heterocycles. The summed E-state index contributed by atoms with van der Waals surface area (Å²) in [6, 6.07) is 5.54. The van der Waals surface area contributed by atoms with Crippen LogP contribution in [0.3, 0.4) is 0 Å². The third-order valence-electron chi connectivity index (χ3n) is 4.85. The van der Waals surface area contributed by atoms with E-state index in [1.54, 1.807) is 12.1 Å². The second-order valence-electron chi connectivity index (χ2n) is 6.58. The Morgan fingerprint density at radius 2 is 1.90 bits per heavy atom. The maximum Gasteiger partial charge on any atom is 0.124 e. The van der Waals surface area contributed by atoms with Crippen LogP contribution in [0, 0.1) is 11.7 Å². The molecule has 2 saturated carbocycles. The van der Waals surface area contributed by atoms with Gasteiger partial charge in [-0.1, -0.05) is 13.3 Å². The lowest BCUT2D eigenvalue weighted by atomic mass is 9.86. The first-order valence-corrected chi connectivity index (χ1v) is 8.43. The Labute approximate surface area is 127 Å². The SMILES string of the molecule is CCC1CCC(Oc2ccc(F)cc2CNC2CC2)CC1. The van der Waals surface area contributed by atoms with Crippen molar-refractivity contribution < 1.29 is 9.13 Å². The summed E-state index contributed by atoms with van der Waals surface area (Å²) in [6.45, 7) is 2.98. The van der Waals surface area contributed by atoms with E-state index in [2.05, 4.69) is 12.2 Å². The predicted molar refractivity (Wildman–Crippen MR) is 82.9 cm³/mol. The van der Waals surface area contributed by atoms with Gasteiger partial charge in [0.25, 0.3) is 0 Å².